The van der Waals surface area contributed by atoms with E-state index in [0.717, 1.165) is 56.9 Å². The molecule has 31 heavy (non-hydrogen) atoms. The summed E-state index contributed by atoms with van der Waals surface area (Å²) >= 11 is 6.26. The van der Waals surface area contributed by atoms with E-state index >= 15 is 0 Å². The highest BCUT2D eigenvalue weighted by Gasteiger charge is 2.38. The second-order valence-corrected chi connectivity index (χ2v) is 9.14. The highest BCUT2D eigenvalue weighted by atomic mass is 35.5. The van der Waals surface area contributed by atoms with Gasteiger partial charge in [-0.25, -0.2) is 4.79 Å². The number of piperazine rings is 1. The Morgan fingerprint density at radius 3 is 2.52 bits per heavy atom. The Kier molecular flexibility index (Phi) is 6.39. The van der Waals surface area contributed by atoms with Crippen molar-refractivity contribution in [3.05, 3.63) is 34.9 Å². The summed E-state index contributed by atoms with van der Waals surface area (Å²) in [5, 5.41) is 7.65. The van der Waals surface area contributed by atoms with Gasteiger partial charge in [0.05, 0.1) is 16.8 Å². The molecule has 1 aromatic carbocycles. The first kappa shape index (κ1) is 21.9. The summed E-state index contributed by atoms with van der Waals surface area (Å²) in [6.45, 7) is 12.4. The van der Waals surface area contributed by atoms with Gasteiger partial charge >= 0.3 is 6.03 Å². The Morgan fingerprint density at radius 1 is 1.19 bits per heavy atom. The summed E-state index contributed by atoms with van der Waals surface area (Å²) in [7, 11) is 0. The molecule has 2 aromatic rings. The molecule has 0 bridgehead atoms. The maximum atomic E-state index is 13.1. The van der Waals surface area contributed by atoms with E-state index in [0.29, 0.717) is 29.8 Å². The Balaban J connectivity index is 1.41. The summed E-state index contributed by atoms with van der Waals surface area (Å²) < 4.78 is 5.41. The predicted molar refractivity (Wildman–Crippen MR) is 122 cm³/mol. The first-order valence-corrected chi connectivity index (χ1v) is 11.4. The number of carbonyl (C=O) groups excluding carboxylic acids is 1. The van der Waals surface area contributed by atoms with Gasteiger partial charge in [-0.05, 0) is 44.5 Å². The SMILES string of the molecule is CCN1CCN(c2ccc(Cl)cc2NC(=O)N2CCC(C)(c3nc(C)no3)CC2)CC1. The van der Waals surface area contributed by atoms with Gasteiger partial charge in [0.2, 0.25) is 5.89 Å². The van der Waals surface area contributed by atoms with Gasteiger partial charge in [0.15, 0.2) is 5.82 Å². The topological polar surface area (TPSA) is 77.7 Å². The summed E-state index contributed by atoms with van der Waals surface area (Å²) in [5.74, 6) is 1.30. The van der Waals surface area contributed by atoms with Crippen LogP contribution in [0.15, 0.2) is 22.7 Å². The van der Waals surface area contributed by atoms with E-state index in [2.05, 4.69) is 39.1 Å². The number of nitrogens with zero attached hydrogens (tertiary/aromatic N) is 5. The van der Waals surface area contributed by atoms with Crippen molar-refractivity contribution >= 4 is 29.0 Å². The zero-order valence-corrected chi connectivity index (χ0v) is 19.3. The zero-order valence-electron chi connectivity index (χ0n) is 18.5. The van der Waals surface area contributed by atoms with E-state index in [9.17, 15) is 4.79 Å². The molecule has 0 atom stereocenters. The fraction of sp³-hybridized carbons (Fsp3) is 0.591. The molecule has 9 heteroatoms. The molecule has 0 radical (unpaired) electrons. The molecule has 1 N–H and O–H groups in total. The smallest absolute Gasteiger partial charge is 0.321 e. The number of carbonyl (C=O) groups is 1. The maximum absolute atomic E-state index is 13.1. The van der Waals surface area contributed by atoms with Crippen molar-refractivity contribution in [2.45, 2.75) is 39.0 Å². The molecule has 8 nitrogen and oxygen atoms in total. The second kappa shape index (κ2) is 9.04. The van der Waals surface area contributed by atoms with Gasteiger partial charge in [0, 0.05) is 44.3 Å². The number of nitrogens with one attached hydrogen (secondary N) is 1. The van der Waals surface area contributed by atoms with Gasteiger partial charge in [0.1, 0.15) is 0 Å². The van der Waals surface area contributed by atoms with Gasteiger partial charge in [-0.2, -0.15) is 4.98 Å². The molecular weight excluding hydrogens is 416 g/mol. The largest absolute Gasteiger partial charge is 0.367 e. The molecule has 168 valence electrons. The molecule has 2 aliphatic heterocycles. The Bertz CT molecular complexity index is 916. The van der Waals surface area contributed by atoms with Crippen molar-refractivity contribution in [3.8, 4) is 0 Å². The molecule has 0 spiro atoms. The van der Waals surface area contributed by atoms with Gasteiger partial charge in [-0.1, -0.05) is 30.6 Å². The van der Waals surface area contributed by atoms with E-state index < -0.39 is 0 Å². The number of hydrogen-bond donors (Lipinski definition) is 1. The van der Waals surface area contributed by atoms with Crippen LogP contribution in [0.4, 0.5) is 16.2 Å². The van der Waals surface area contributed by atoms with Crippen LogP contribution < -0.4 is 10.2 Å². The molecule has 1 aromatic heterocycles. The van der Waals surface area contributed by atoms with Crippen molar-refractivity contribution in [3.63, 3.8) is 0 Å². The predicted octanol–water partition coefficient (Wildman–Crippen LogP) is 3.76. The van der Waals surface area contributed by atoms with E-state index in [1.54, 1.807) is 0 Å². The van der Waals surface area contributed by atoms with Crippen LogP contribution in [0.2, 0.25) is 5.02 Å². The lowest BCUT2D eigenvalue weighted by Gasteiger charge is -2.38. The number of anilines is 2. The molecule has 0 saturated carbocycles. The van der Waals surface area contributed by atoms with E-state index in [1.807, 2.05) is 30.0 Å². The number of hydrogen-bond acceptors (Lipinski definition) is 6. The Morgan fingerprint density at radius 2 is 1.90 bits per heavy atom. The van der Waals surface area contributed by atoms with Gasteiger partial charge < -0.3 is 24.5 Å². The van der Waals surface area contributed by atoms with Crippen LogP contribution >= 0.6 is 11.6 Å². The molecule has 2 saturated heterocycles. The highest BCUT2D eigenvalue weighted by molar-refractivity contribution is 6.31. The summed E-state index contributed by atoms with van der Waals surface area (Å²) in [5.41, 5.74) is 1.60. The number of likely N-dealkylation sites (tertiary alicyclic amines) is 1. The van der Waals surface area contributed by atoms with E-state index in [4.69, 9.17) is 16.1 Å². The van der Waals surface area contributed by atoms with E-state index in [1.165, 1.54) is 0 Å². The number of aromatic nitrogens is 2. The third kappa shape index (κ3) is 4.80. The molecule has 3 heterocycles. The summed E-state index contributed by atoms with van der Waals surface area (Å²) in [6.07, 6.45) is 1.56. The minimum Gasteiger partial charge on any atom is -0.367 e. The number of aryl methyl sites for hydroxylation is 1. The third-order valence-corrected chi connectivity index (χ3v) is 6.79. The van der Waals surface area contributed by atoms with Gasteiger partial charge in [-0.15, -0.1) is 0 Å². The van der Waals surface area contributed by atoms with Crippen molar-refractivity contribution in [1.82, 2.24) is 19.9 Å². The lowest BCUT2D eigenvalue weighted by Crippen LogP contribution is -2.47. The normalized spacial score (nSPS) is 19.5. The molecular formula is C22H31ClN6O2. The van der Waals surface area contributed by atoms with Crippen molar-refractivity contribution in [2.75, 3.05) is 56.0 Å². The summed E-state index contributed by atoms with van der Waals surface area (Å²) in [6, 6.07) is 5.64. The van der Waals surface area contributed by atoms with Crippen LogP contribution in [0.5, 0.6) is 0 Å². The van der Waals surface area contributed by atoms with Crippen LogP contribution in [0.3, 0.4) is 0 Å². The van der Waals surface area contributed by atoms with Crippen LogP contribution in [-0.4, -0.2) is 71.8 Å². The average Bonchev–Trinajstić information content (AvgIpc) is 3.22. The molecule has 4 rings (SSSR count). The van der Waals surface area contributed by atoms with E-state index in [-0.39, 0.29) is 11.4 Å². The van der Waals surface area contributed by atoms with Crippen LogP contribution in [0.25, 0.3) is 0 Å². The molecule has 2 fully saturated rings. The van der Waals surface area contributed by atoms with Crippen LogP contribution in [-0.2, 0) is 5.41 Å². The monoisotopic (exact) mass is 446 g/mol. The molecule has 0 unspecified atom stereocenters. The first-order valence-electron chi connectivity index (χ1n) is 11.0. The minimum atomic E-state index is -0.196. The van der Waals surface area contributed by atoms with Crippen LogP contribution in [0.1, 0.15) is 38.4 Å². The number of amides is 2. The number of urea groups is 1. The molecule has 2 amide bonds. The standard InChI is InChI=1S/C22H31ClN6O2/c1-4-27-11-13-28(14-12-27)19-6-5-17(23)15-18(19)25-21(30)29-9-7-22(3,8-10-29)20-24-16(2)26-31-20/h5-6,15H,4,7-14H2,1-3H3,(H,25,30). The van der Waals surface area contributed by atoms with Gasteiger partial charge in [0.25, 0.3) is 0 Å². The maximum Gasteiger partial charge on any atom is 0.321 e. The molecule has 0 aliphatic carbocycles. The average molecular weight is 447 g/mol. The first-order chi connectivity index (χ1) is 14.9. The fourth-order valence-electron chi connectivity index (χ4n) is 4.34. The third-order valence-electron chi connectivity index (χ3n) is 6.56. The lowest BCUT2D eigenvalue weighted by atomic mass is 9.80. The summed E-state index contributed by atoms with van der Waals surface area (Å²) in [4.78, 5) is 24.1. The number of halogens is 1. The number of benzene rings is 1. The fourth-order valence-corrected chi connectivity index (χ4v) is 4.51. The van der Waals surface area contributed by atoms with Crippen molar-refractivity contribution < 1.29 is 9.32 Å². The number of rotatable bonds is 4. The second-order valence-electron chi connectivity index (χ2n) is 8.71. The van der Waals surface area contributed by atoms with Crippen molar-refractivity contribution in [1.29, 1.82) is 0 Å². The number of likely N-dealkylation sites (N-methyl/N-ethyl adjacent to an activating group) is 1. The lowest BCUT2D eigenvalue weighted by molar-refractivity contribution is 0.155. The van der Waals surface area contributed by atoms with Crippen LogP contribution in [0, 0.1) is 6.92 Å². The zero-order chi connectivity index (χ0) is 22.0. The van der Waals surface area contributed by atoms with Crippen molar-refractivity contribution in [2.24, 2.45) is 0 Å². The Labute approximate surface area is 188 Å². The number of piperidine rings is 1. The minimum absolute atomic E-state index is 0.0977. The van der Waals surface area contributed by atoms with Gasteiger partial charge in [-0.3, -0.25) is 0 Å². The Hall–Kier alpha value is -2.32. The quantitative estimate of drug-likeness (QED) is 0.770. The highest BCUT2D eigenvalue weighted by Crippen LogP contribution is 2.35. The molecule has 2 aliphatic rings.